The molecule has 0 amide bonds. The molecule has 0 aliphatic carbocycles. The maximum atomic E-state index is 10.1. The Morgan fingerprint density at radius 3 is 2.29 bits per heavy atom. The molecule has 2 rings (SSSR count). The highest BCUT2D eigenvalue weighted by Gasteiger charge is 2.11. The van der Waals surface area contributed by atoms with Gasteiger partial charge in [-0.1, -0.05) is 36.4 Å². The van der Waals surface area contributed by atoms with Gasteiger partial charge in [0.05, 0.1) is 6.61 Å². The van der Waals surface area contributed by atoms with Crippen LogP contribution in [0.4, 0.5) is 0 Å². The van der Waals surface area contributed by atoms with Crippen LogP contribution in [0.1, 0.15) is 22.3 Å². The van der Waals surface area contributed by atoms with Crippen LogP contribution >= 0.6 is 0 Å². The average molecular weight is 285 g/mol. The van der Waals surface area contributed by atoms with E-state index in [1.807, 2.05) is 44.2 Å². The Balaban J connectivity index is 2.14. The molecule has 3 nitrogen and oxygen atoms in total. The third-order valence-electron chi connectivity index (χ3n) is 3.75. The lowest BCUT2D eigenvalue weighted by Gasteiger charge is -2.22. The van der Waals surface area contributed by atoms with E-state index in [9.17, 15) is 10.2 Å². The quantitative estimate of drug-likeness (QED) is 0.857. The largest absolute Gasteiger partial charge is 0.508 e. The number of aromatic hydroxyl groups is 1. The van der Waals surface area contributed by atoms with Crippen molar-refractivity contribution in [1.29, 1.82) is 0 Å². The summed E-state index contributed by atoms with van der Waals surface area (Å²) in [5, 5.41) is 19.4. The lowest BCUT2D eigenvalue weighted by molar-refractivity contribution is 0.183. The Hall–Kier alpha value is -1.84. The van der Waals surface area contributed by atoms with E-state index in [4.69, 9.17) is 0 Å². The van der Waals surface area contributed by atoms with Crippen molar-refractivity contribution in [2.24, 2.45) is 0 Å². The SMILES string of the molecule is Cc1cc(O)c(CN(CCO)Cc2ccccc2)cc1C. The van der Waals surface area contributed by atoms with Crippen molar-refractivity contribution in [1.82, 2.24) is 4.90 Å². The van der Waals surface area contributed by atoms with Gasteiger partial charge in [0.15, 0.2) is 0 Å². The van der Waals surface area contributed by atoms with Gasteiger partial charge in [0.25, 0.3) is 0 Å². The van der Waals surface area contributed by atoms with Crippen molar-refractivity contribution < 1.29 is 10.2 Å². The summed E-state index contributed by atoms with van der Waals surface area (Å²) >= 11 is 0. The zero-order valence-corrected chi connectivity index (χ0v) is 12.7. The number of benzene rings is 2. The topological polar surface area (TPSA) is 43.7 Å². The van der Waals surface area contributed by atoms with Crippen molar-refractivity contribution in [3.8, 4) is 5.75 Å². The molecule has 0 atom stereocenters. The van der Waals surface area contributed by atoms with Gasteiger partial charge in [0, 0.05) is 25.2 Å². The highest BCUT2D eigenvalue weighted by Crippen LogP contribution is 2.23. The summed E-state index contributed by atoms with van der Waals surface area (Å²) in [7, 11) is 0. The fraction of sp³-hybridized carbons (Fsp3) is 0.333. The zero-order chi connectivity index (χ0) is 15.2. The minimum absolute atomic E-state index is 0.110. The molecule has 0 spiro atoms. The monoisotopic (exact) mass is 285 g/mol. The molecule has 0 unspecified atom stereocenters. The van der Waals surface area contributed by atoms with E-state index in [1.54, 1.807) is 0 Å². The number of aliphatic hydroxyl groups excluding tert-OH is 1. The molecule has 0 radical (unpaired) electrons. The van der Waals surface area contributed by atoms with Crippen LogP contribution in [-0.2, 0) is 13.1 Å². The first-order valence-electron chi connectivity index (χ1n) is 7.26. The lowest BCUT2D eigenvalue weighted by atomic mass is 10.0. The molecule has 3 heteroatoms. The smallest absolute Gasteiger partial charge is 0.120 e. The number of nitrogens with zero attached hydrogens (tertiary/aromatic N) is 1. The number of rotatable bonds is 6. The van der Waals surface area contributed by atoms with Crippen LogP contribution in [0.3, 0.4) is 0 Å². The molecule has 2 aromatic rings. The normalized spacial score (nSPS) is 11.0. The second-order valence-corrected chi connectivity index (χ2v) is 5.49. The number of aryl methyl sites for hydroxylation is 2. The van der Waals surface area contributed by atoms with E-state index >= 15 is 0 Å². The van der Waals surface area contributed by atoms with Gasteiger partial charge in [0.2, 0.25) is 0 Å². The summed E-state index contributed by atoms with van der Waals surface area (Å²) in [5.74, 6) is 0.328. The van der Waals surface area contributed by atoms with Gasteiger partial charge in [-0.3, -0.25) is 4.90 Å². The third-order valence-corrected chi connectivity index (χ3v) is 3.75. The van der Waals surface area contributed by atoms with Gasteiger partial charge < -0.3 is 10.2 Å². The summed E-state index contributed by atoms with van der Waals surface area (Å²) < 4.78 is 0. The standard InChI is InChI=1S/C18H23NO2/c1-14-10-17(18(21)11-15(14)2)13-19(8-9-20)12-16-6-4-3-5-7-16/h3-7,10-11,20-21H,8-9,12-13H2,1-2H3. The second-order valence-electron chi connectivity index (χ2n) is 5.49. The van der Waals surface area contributed by atoms with Gasteiger partial charge in [-0.2, -0.15) is 0 Å². The van der Waals surface area contributed by atoms with Crippen LogP contribution in [0.5, 0.6) is 5.75 Å². The Bertz CT molecular complexity index is 581. The van der Waals surface area contributed by atoms with E-state index in [2.05, 4.69) is 17.0 Å². The molecule has 112 valence electrons. The minimum Gasteiger partial charge on any atom is -0.508 e. The van der Waals surface area contributed by atoms with Crippen molar-refractivity contribution >= 4 is 0 Å². The van der Waals surface area contributed by atoms with Crippen molar-refractivity contribution in [2.45, 2.75) is 26.9 Å². The first-order valence-corrected chi connectivity index (χ1v) is 7.26. The zero-order valence-electron chi connectivity index (χ0n) is 12.7. The van der Waals surface area contributed by atoms with E-state index < -0.39 is 0 Å². The second kappa shape index (κ2) is 7.25. The lowest BCUT2D eigenvalue weighted by Crippen LogP contribution is -2.26. The highest BCUT2D eigenvalue weighted by atomic mass is 16.3. The number of hydrogen-bond donors (Lipinski definition) is 2. The molecule has 0 aliphatic heterocycles. The van der Waals surface area contributed by atoms with E-state index in [0.29, 0.717) is 18.8 Å². The Kier molecular flexibility index (Phi) is 5.37. The minimum atomic E-state index is 0.110. The molecule has 0 saturated heterocycles. The predicted octanol–water partition coefficient (Wildman–Crippen LogP) is 3.00. The molecule has 0 aliphatic rings. The van der Waals surface area contributed by atoms with Crippen molar-refractivity contribution in [3.63, 3.8) is 0 Å². The summed E-state index contributed by atoms with van der Waals surface area (Å²) in [6.45, 7) is 6.12. The fourth-order valence-electron chi connectivity index (χ4n) is 2.43. The summed E-state index contributed by atoms with van der Waals surface area (Å²) in [6, 6.07) is 14.0. The van der Waals surface area contributed by atoms with Gasteiger partial charge >= 0.3 is 0 Å². The number of phenols is 1. The molecule has 2 aromatic carbocycles. The van der Waals surface area contributed by atoms with Crippen LogP contribution in [0.25, 0.3) is 0 Å². The maximum absolute atomic E-state index is 10.1. The number of aliphatic hydroxyl groups is 1. The van der Waals surface area contributed by atoms with Crippen LogP contribution in [0.2, 0.25) is 0 Å². The number of hydrogen-bond acceptors (Lipinski definition) is 3. The predicted molar refractivity (Wildman–Crippen MR) is 85.2 cm³/mol. The first kappa shape index (κ1) is 15.5. The van der Waals surface area contributed by atoms with Crippen LogP contribution in [-0.4, -0.2) is 28.3 Å². The molecule has 2 N–H and O–H groups in total. The highest BCUT2D eigenvalue weighted by molar-refractivity contribution is 5.40. The van der Waals surface area contributed by atoms with E-state index in [-0.39, 0.29) is 6.61 Å². The Morgan fingerprint density at radius 1 is 0.952 bits per heavy atom. The van der Waals surface area contributed by atoms with Crippen LogP contribution < -0.4 is 0 Å². The summed E-state index contributed by atoms with van der Waals surface area (Å²) in [6.07, 6.45) is 0. The number of phenolic OH excluding ortho intramolecular Hbond substituents is 1. The van der Waals surface area contributed by atoms with Crippen LogP contribution in [0, 0.1) is 13.8 Å². The molecule has 0 heterocycles. The van der Waals surface area contributed by atoms with E-state index in [0.717, 1.165) is 17.7 Å². The van der Waals surface area contributed by atoms with Crippen molar-refractivity contribution in [2.75, 3.05) is 13.2 Å². The van der Waals surface area contributed by atoms with E-state index in [1.165, 1.54) is 11.1 Å². The molecule has 21 heavy (non-hydrogen) atoms. The molecule has 0 fully saturated rings. The summed E-state index contributed by atoms with van der Waals surface area (Å²) in [4.78, 5) is 2.14. The van der Waals surface area contributed by atoms with Gasteiger partial charge in [-0.25, -0.2) is 0 Å². The molecule has 0 saturated carbocycles. The van der Waals surface area contributed by atoms with Gasteiger partial charge in [0.1, 0.15) is 5.75 Å². The van der Waals surface area contributed by atoms with Gasteiger partial charge in [-0.05, 0) is 36.6 Å². The molecular formula is C18H23NO2. The Morgan fingerprint density at radius 2 is 1.62 bits per heavy atom. The fourth-order valence-corrected chi connectivity index (χ4v) is 2.43. The molecular weight excluding hydrogens is 262 g/mol. The molecule has 0 aromatic heterocycles. The van der Waals surface area contributed by atoms with Crippen LogP contribution in [0.15, 0.2) is 42.5 Å². The average Bonchev–Trinajstić information content (AvgIpc) is 2.46. The Labute approximate surface area is 126 Å². The summed E-state index contributed by atoms with van der Waals surface area (Å²) in [5.41, 5.74) is 4.37. The third kappa shape index (κ3) is 4.31. The first-order chi connectivity index (χ1) is 10.1. The van der Waals surface area contributed by atoms with Crippen molar-refractivity contribution in [3.05, 3.63) is 64.7 Å². The molecule has 0 bridgehead atoms. The maximum Gasteiger partial charge on any atom is 0.120 e. The van der Waals surface area contributed by atoms with Gasteiger partial charge in [-0.15, -0.1) is 0 Å².